The van der Waals surface area contributed by atoms with Crippen LogP contribution in [0, 0.1) is 17.0 Å². The molecule has 0 radical (unpaired) electrons. The zero-order chi connectivity index (χ0) is 12.5. The van der Waals surface area contributed by atoms with E-state index in [-0.39, 0.29) is 16.8 Å². The average Bonchev–Trinajstić information content (AvgIpc) is 2.71. The summed E-state index contributed by atoms with van der Waals surface area (Å²) < 4.78 is 26.6. The summed E-state index contributed by atoms with van der Waals surface area (Å²) in [5, 5.41) is 2.96. The minimum absolute atomic E-state index is 0.0955. The van der Waals surface area contributed by atoms with E-state index in [1.165, 1.54) is 18.9 Å². The van der Waals surface area contributed by atoms with E-state index < -0.39 is 11.6 Å². The van der Waals surface area contributed by atoms with Crippen LogP contribution < -0.4 is 11.1 Å². The van der Waals surface area contributed by atoms with Crippen molar-refractivity contribution in [1.82, 2.24) is 0 Å². The predicted octanol–water partition coefficient (Wildman–Crippen LogP) is 3.54. The highest BCUT2D eigenvalue weighted by Gasteiger charge is 2.28. The third-order valence-electron chi connectivity index (χ3n) is 3.63. The highest BCUT2D eigenvalue weighted by Crippen LogP contribution is 2.38. The van der Waals surface area contributed by atoms with Crippen LogP contribution in [0.15, 0.2) is 12.1 Å². The fourth-order valence-corrected chi connectivity index (χ4v) is 2.45. The first-order valence-corrected chi connectivity index (χ1v) is 5.99. The maximum atomic E-state index is 13.5. The maximum absolute atomic E-state index is 13.5. The van der Waals surface area contributed by atoms with Crippen molar-refractivity contribution in [3.63, 3.8) is 0 Å². The van der Waals surface area contributed by atoms with Gasteiger partial charge in [-0.15, -0.1) is 0 Å². The number of nitrogens with two attached hydrogens (primary N) is 1. The molecule has 1 aromatic rings. The van der Waals surface area contributed by atoms with Gasteiger partial charge < -0.3 is 11.1 Å². The molecule has 0 saturated heterocycles. The van der Waals surface area contributed by atoms with Gasteiger partial charge in [0.15, 0.2) is 11.6 Å². The molecule has 0 amide bonds. The van der Waals surface area contributed by atoms with Crippen LogP contribution in [0.25, 0.3) is 0 Å². The van der Waals surface area contributed by atoms with Gasteiger partial charge in [-0.25, -0.2) is 8.78 Å². The third kappa shape index (κ3) is 2.51. The largest absolute Gasteiger partial charge is 0.397 e. The van der Waals surface area contributed by atoms with Gasteiger partial charge in [0.1, 0.15) is 0 Å². The first-order chi connectivity index (χ1) is 8.02. The van der Waals surface area contributed by atoms with Crippen molar-refractivity contribution in [2.24, 2.45) is 5.41 Å². The molecule has 4 heteroatoms. The fourth-order valence-electron chi connectivity index (χ4n) is 2.45. The van der Waals surface area contributed by atoms with Gasteiger partial charge in [0.25, 0.3) is 0 Å². The lowest BCUT2D eigenvalue weighted by molar-refractivity contribution is 0.361. The lowest BCUT2D eigenvalue weighted by Gasteiger charge is -2.25. The average molecular weight is 240 g/mol. The molecule has 0 atom stereocenters. The Balaban J connectivity index is 2.11. The number of halogens is 2. The van der Waals surface area contributed by atoms with Gasteiger partial charge in [0.2, 0.25) is 0 Å². The number of nitrogen functional groups attached to an aromatic ring is 1. The summed E-state index contributed by atoms with van der Waals surface area (Å²) in [6, 6.07) is 2.44. The van der Waals surface area contributed by atoms with Gasteiger partial charge in [-0.3, -0.25) is 0 Å². The van der Waals surface area contributed by atoms with Crippen LogP contribution in [0.3, 0.4) is 0 Å². The van der Waals surface area contributed by atoms with Crippen LogP contribution in [-0.4, -0.2) is 6.54 Å². The van der Waals surface area contributed by atoms with Crippen LogP contribution in [0.1, 0.15) is 32.6 Å². The van der Waals surface area contributed by atoms with Gasteiger partial charge in [0, 0.05) is 6.54 Å². The van der Waals surface area contributed by atoms with E-state index in [0.717, 1.165) is 18.9 Å². The van der Waals surface area contributed by atoms with E-state index in [0.29, 0.717) is 6.54 Å². The second kappa shape index (κ2) is 4.51. The molecular formula is C13H18F2N2. The van der Waals surface area contributed by atoms with Crippen LogP contribution in [0.5, 0.6) is 0 Å². The Morgan fingerprint density at radius 1 is 1.29 bits per heavy atom. The minimum atomic E-state index is -0.883. The summed E-state index contributed by atoms with van der Waals surface area (Å²) in [4.78, 5) is 0. The van der Waals surface area contributed by atoms with Crippen LogP contribution in [-0.2, 0) is 0 Å². The SMILES string of the molecule is CC1(CNc2c(N)ccc(F)c2F)CCCC1. The lowest BCUT2D eigenvalue weighted by Crippen LogP contribution is -2.24. The minimum Gasteiger partial charge on any atom is -0.397 e. The Labute approximate surface area is 100 Å². The molecule has 0 bridgehead atoms. The second-order valence-corrected chi connectivity index (χ2v) is 5.20. The van der Waals surface area contributed by atoms with Gasteiger partial charge in [-0.1, -0.05) is 19.8 Å². The number of nitrogens with one attached hydrogen (secondary N) is 1. The van der Waals surface area contributed by atoms with Crippen molar-refractivity contribution < 1.29 is 8.78 Å². The molecule has 1 aliphatic carbocycles. The topological polar surface area (TPSA) is 38.0 Å². The fraction of sp³-hybridized carbons (Fsp3) is 0.538. The van der Waals surface area contributed by atoms with Crippen molar-refractivity contribution in [2.45, 2.75) is 32.6 Å². The summed E-state index contributed by atoms with van der Waals surface area (Å²) in [5.41, 5.74) is 6.17. The Bertz CT molecular complexity index is 412. The maximum Gasteiger partial charge on any atom is 0.183 e. The molecule has 0 spiro atoms. The van der Waals surface area contributed by atoms with E-state index in [1.54, 1.807) is 0 Å². The van der Waals surface area contributed by atoms with Crippen molar-refractivity contribution in [2.75, 3.05) is 17.6 Å². The van der Waals surface area contributed by atoms with E-state index >= 15 is 0 Å². The molecule has 3 N–H and O–H groups in total. The molecule has 1 fully saturated rings. The third-order valence-corrected chi connectivity index (χ3v) is 3.63. The van der Waals surface area contributed by atoms with E-state index in [2.05, 4.69) is 12.2 Å². The Morgan fingerprint density at radius 3 is 2.59 bits per heavy atom. The molecule has 2 rings (SSSR count). The summed E-state index contributed by atoms with van der Waals surface area (Å²) in [6.45, 7) is 2.80. The molecule has 1 saturated carbocycles. The second-order valence-electron chi connectivity index (χ2n) is 5.20. The first-order valence-electron chi connectivity index (χ1n) is 5.99. The normalized spacial score (nSPS) is 18.3. The summed E-state index contributed by atoms with van der Waals surface area (Å²) in [7, 11) is 0. The summed E-state index contributed by atoms with van der Waals surface area (Å²) >= 11 is 0. The molecule has 2 nitrogen and oxygen atoms in total. The quantitative estimate of drug-likeness (QED) is 0.793. The molecule has 0 aliphatic heterocycles. The van der Waals surface area contributed by atoms with Crippen LogP contribution in [0.4, 0.5) is 20.2 Å². The zero-order valence-electron chi connectivity index (χ0n) is 10.0. The van der Waals surface area contributed by atoms with Crippen molar-refractivity contribution >= 4 is 11.4 Å². The molecular weight excluding hydrogens is 222 g/mol. The summed E-state index contributed by atoms with van der Waals surface area (Å²) in [5.74, 6) is -1.75. The first kappa shape index (κ1) is 12.1. The number of hydrogen-bond acceptors (Lipinski definition) is 2. The predicted molar refractivity (Wildman–Crippen MR) is 65.8 cm³/mol. The highest BCUT2D eigenvalue weighted by molar-refractivity contribution is 5.66. The Kier molecular flexibility index (Phi) is 3.22. The van der Waals surface area contributed by atoms with E-state index in [9.17, 15) is 8.78 Å². The van der Waals surface area contributed by atoms with Crippen molar-refractivity contribution in [3.05, 3.63) is 23.8 Å². The molecule has 0 heterocycles. The molecule has 1 aromatic carbocycles. The smallest absolute Gasteiger partial charge is 0.183 e. The van der Waals surface area contributed by atoms with Gasteiger partial charge in [-0.2, -0.15) is 0 Å². The number of rotatable bonds is 3. The standard InChI is InChI=1S/C13H18F2N2/c1-13(6-2-3-7-13)8-17-12-10(16)5-4-9(14)11(12)15/h4-5,17H,2-3,6-8,16H2,1H3. The molecule has 17 heavy (non-hydrogen) atoms. The zero-order valence-corrected chi connectivity index (χ0v) is 10.0. The molecule has 1 aliphatic rings. The Hall–Kier alpha value is -1.32. The van der Waals surface area contributed by atoms with Gasteiger partial charge in [0.05, 0.1) is 11.4 Å². The molecule has 0 aromatic heterocycles. The Morgan fingerprint density at radius 2 is 1.94 bits per heavy atom. The van der Waals surface area contributed by atoms with Crippen LogP contribution in [0.2, 0.25) is 0 Å². The monoisotopic (exact) mass is 240 g/mol. The number of benzene rings is 1. The van der Waals surface area contributed by atoms with Crippen molar-refractivity contribution in [1.29, 1.82) is 0 Å². The van der Waals surface area contributed by atoms with Gasteiger partial charge >= 0.3 is 0 Å². The highest BCUT2D eigenvalue weighted by atomic mass is 19.2. The van der Waals surface area contributed by atoms with E-state index in [1.807, 2.05) is 0 Å². The molecule has 0 unspecified atom stereocenters. The lowest BCUT2D eigenvalue weighted by atomic mass is 9.89. The van der Waals surface area contributed by atoms with Gasteiger partial charge in [-0.05, 0) is 30.4 Å². The number of hydrogen-bond donors (Lipinski definition) is 2. The van der Waals surface area contributed by atoms with E-state index in [4.69, 9.17) is 5.73 Å². The van der Waals surface area contributed by atoms with Crippen LogP contribution >= 0.6 is 0 Å². The summed E-state index contributed by atoms with van der Waals surface area (Å²) in [6.07, 6.45) is 4.66. The van der Waals surface area contributed by atoms with Crippen molar-refractivity contribution in [3.8, 4) is 0 Å². The molecule has 94 valence electrons. The number of anilines is 2.